The van der Waals surface area contributed by atoms with E-state index in [9.17, 15) is 14.4 Å². The molecule has 1 saturated heterocycles. The van der Waals surface area contributed by atoms with Crippen LogP contribution in [-0.4, -0.2) is 27.7 Å². The van der Waals surface area contributed by atoms with Crippen LogP contribution in [0, 0.1) is 19.8 Å². The Kier molecular flexibility index (Phi) is 4.60. The summed E-state index contributed by atoms with van der Waals surface area (Å²) in [4.78, 5) is 40.3. The summed E-state index contributed by atoms with van der Waals surface area (Å²) in [5, 5.41) is 9.02. The molecule has 7 heteroatoms. The van der Waals surface area contributed by atoms with Crippen molar-refractivity contribution in [3.63, 3.8) is 0 Å². The Labute approximate surface area is 165 Å². The summed E-state index contributed by atoms with van der Waals surface area (Å²) < 4.78 is 0. The van der Waals surface area contributed by atoms with Gasteiger partial charge in [-0.15, -0.1) is 10.2 Å². The number of aryl methyl sites for hydroxylation is 2. The molecule has 0 N–H and O–H groups in total. The Morgan fingerprint density at radius 1 is 0.964 bits per heavy atom. The molecular formula is C21H17N3O3S. The molecule has 0 spiro atoms. The van der Waals surface area contributed by atoms with E-state index in [4.69, 9.17) is 0 Å². The molecule has 4 rings (SSSR count). The van der Waals surface area contributed by atoms with E-state index in [1.807, 2.05) is 31.2 Å². The first kappa shape index (κ1) is 18.2. The van der Waals surface area contributed by atoms with Gasteiger partial charge in [0.05, 0.1) is 6.04 Å². The smallest absolute Gasteiger partial charge is 0.293 e. The zero-order valence-electron chi connectivity index (χ0n) is 15.3. The zero-order valence-corrected chi connectivity index (χ0v) is 16.1. The summed E-state index contributed by atoms with van der Waals surface area (Å²) in [6, 6.07) is 15.3. The number of Topliss-reactive ketones (excluding diaryl/α,β-unsaturated/α-hetero) is 2. The molecule has 3 aromatic rings. The Morgan fingerprint density at radius 3 is 2.25 bits per heavy atom. The van der Waals surface area contributed by atoms with Gasteiger partial charge < -0.3 is 0 Å². The van der Waals surface area contributed by atoms with Crippen LogP contribution in [0.1, 0.15) is 32.5 Å². The predicted octanol–water partition coefficient (Wildman–Crippen LogP) is 3.31. The van der Waals surface area contributed by atoms with Crippen LogP contribution in [0.15, 0.2) is 54.6 Å². The van der Waals surface area contributed by atoms with Crippen molar-refractivity contribution in [3.8, 4) is 0 Å². The fourth-order valence-corrected chi connectivity index (χ4v) is 4.13. The fourth-order valence-electron chi connectivity index (χ4n) is 3.41. The number of nitrogens with zero attached hydrogens (tertiary/aromatic N) is 3. The third-order valence-electron chi connectivity index (χ3n) is 4.79. The van der Waals surface area contributed by atoms with Gasteiger partial charge in [0.1, 0.15) is 10.9 Å². The minimum atomic E-state index is -1.12. The van der Waals surface area contributed by atoms with Gasteiger partial charge in [0.25, 0.3) is 5.91 Å². The minimum absolute atomic E-state index is 0.324. The van der Waals surface area contributed by atoms with E-state index in [2.05, 4.69) is 10.2 Å². The van der Waals surface area contributed by atoms with Crippen molar-refractivity contribution in [2.24, 2.45) is 5.92 Å². The first-order chi connectivity index (χ1) is 13.5. The molecule has 1 fully saturated rings. The highest BCUT2D eigenvalue weighted by Gasteiger charge is 2.53. The number of benzene rings is 2. The van der Waals surface area contributed by atoms with Crippen LogP contribution in [0.5, 0.6) is 0 Å². The van der Waals surface area contributed by atoms with E-state index in [0.717, 1.165) is 5.56 Å². The summed E-state index contributed by atoms with van der Waals surface area (Å²) in [6.45, 7) is 3.73. The molecule has 140 valence electrons. The van der Waals surface area contributed by atoms with E-state index >= 15 is 0 Å². The number of anilines is 1. The summed E-state index contributed by atoms with van der Waals surface area (Å²) in [5.74, 6) is -2.93. The lowest BCUT2D eigenvalue weighted by Gasteiger charge is -2.24. The van der Waals surface area contributed by atoms with E-state index < -0.39 is 23.7 Å². The molecule has 1 aliphatic heterocycles. The molecular weight excluding hydrogens is 374 g/mol. The lowest BCUT2D eigenvalue weighted by Crippen LogP contribution is -2.30. The molecule has 0 radical (unpaired) electrons. The van der Waals surface area contributed by atoms with Crippen LogP contribution < -0.4 is 4.90 Å². The number of carbonyl (C=O) groups is 3. The van der Waals surface area contributed by atoms with Crippen LogP contribution in [0.4, 0.5) is 5.13 Å². The van der Waals surface area contributed by atoms with Crippen molar-refractivity contribution in [2.75, 3.05) is 4.90 Å². The second-order valence-corrected chi connectivity index (χ2v) is 7.87. The predicted molar refractivity (Wildman–Crippen MR) is 105 cm³/mol. The van der Waals surface area contributed by atoms with Gasteiger partial charge >= 0.3 is 0 Å². The highest BCUT2D eigenvalue weighted by Crippen LogP contribution is 2.42. The van der Waals surface area contributed by atoms with Crippen LogP contribution in [0.3, 0.4) is 0 Å². The molecule has 6 nitrogen and oxygen atoms in total. The van der Waals surface area contributed by atoms with Crippen LogP contribution in [-0.2, 0) is 9.59 Å². The van der Waals surface area contributed by atoms with Crippen LogP contribution in [0.25, 0.3) is 0 Å². The quantitative estimate of drug-likeness (QED) is 0.387. The summed E-state index contributed by atoms with van der Waals surface area (Å²) in [5.41, 5.74) is 2.16. The van der Waals surface area contributed by atoms with E-state index in [1.54, 1.807) is 37.3 Å². The van der Waals surface area contributed by atoms with Crippen molar-refractivity contribution in [1.29, 1.82) is 0 Å². The van der Waals surface area contributed by atoms with Crippen molar-refractivity contribution < 1.29 is 14.4 Å². The van der Waals surface area contributed by atoms with Crippen molar-refractivity contribution in [3.05, 3.63) is 76.3 Å². The van der Waals surface area contributed by atoms with E-state index in [1.165, 1.54) is 16.2 Å². The lowest BCUT2D eigenvalue weighted by molar-refractivity contribution is -0.135. The molecule has 1 aromatic heterocycles. The monoisotopic (exact) mass is 391 g/mol. The summed E-state index contributed by atoms with van der Waals surface area (Å²) in [7, 11) is 0. The maximum absolute atomic E-state index is 13.2. The van der Waals surface area contributed by atoms with Crippen LogP contribution >= 0.6 is 11.3 Å². The molecule has 2 atom stereocenters. The molecule has 2 unspecified atom stereocenters. The number of ketones is 2. The molecule has 0 saturated carbocycles. The maximum atomic E-state index is 13.2. The SMILES string of the molecule is Cc1ccc(C2C(C(=O)c3ccccc3)C(=O)C(=O)N2c2nnc(C)s2)cc1. The normalized spacial score (nSPS) is 19.3. The van der Waals surface area contributed by atoms with Gasteiger partial charge in [0, 0.05) is 5.56 Å². The topological polar surface area (TPSA) is 80.2 Å². The average molecular weight is 391 g/mol. The Morgan fingerprint density at radius 2 is 1.64 bits per heavy atom. The maximum Gasteiger partial charge on any atom is 0.297 e. The van der Waals surface area contributed by atoms with Crippen LogP contribution in [0.2, 0.25) is 0 Å². The Balaban J connectivity index is 1.85. The molecule has 0 aliphatic carbocycles. The van der Waals surface area contributed by atoms with Crippen molar-refractivity contribution in [1.82, 2.24) is 10.2 Å². The van der Waals surface area contributed by atoms with Gasteiger partial charge in [0.15, 0.2) is 5.78 Å². The first-order valence-electron chi connectivity index (χ1n) is 8.80. The van der Waals surface area contributed by atoms with Gasteiger partial charge in [-0.2, -0.15) is 0 Å². The number of amides is 1. The second kappa shape index (κ2) is 7.09. The fraction of sp³-hybridized carbons (Fsp3) is 0.190. The molecule has 1 amide bonds. The molecule has 1 aliphatic rings. The lowest BCUT2D eigenvalue weighted by atomic mass is 9.86. The van der Waals surface area contributed by atoms with Gasteiger partial charge in [-0.05, 0) is 19.4 Å². The molecule has 2 heterocycles. The van der Waals surface area contributed by atoms with Gasteiger partial charge in [-0.3, -0.25) is 19.3 Å². The van der Waals surface area contributed by atoms with E-state index in [0.29, 0.717) is 21.3 Å². The van der Waals surface area contributed by atoms with Crippen molar-refractivity contribution in [2.45, 2.75) is 19.9 Å². The number of hydrogen-bond donors (Lipinski definition) is 0. The summed E-state index contributed by atoms with van der Waals surface area (Å²) >= 11 is 1.22. The standard InChI is InChI=1S/C21H17N3O3S/c1-12-8-10-14(11-9-12)17-16(18(25)15-6-4-3-5-7-15)19(26)20(27)24(17)21-23-22-13(2)28-21/h3-11,16-17H,1-2H3. The molecule has 0 bridgehead atoms. The Hall–Kier alpha value is -3.19. The molecule has 2 aromatic carbocycles. The number of hydrogen-bond acceptors (Lipinski definition) is 6. The van der Waals surface area contributed by atoms with Crippen molar-refractivity contribution >= 4 is 33.9 Å². The highest BCUT2D eigenvalue weighted by molar-refractivity contribution is 7.15. The van der Waals surface area contributed by atoms with Gasteiger partial charge in [0.2, 0.25) is 10.9 Å². The number of aromatic nitrogens is 2. The first-order valence-corrected chi connectivity index (χ1v) is 9.62. The third kappa shape index (κ3) is 3.03. The minimum Gasteiger partial charge on any atom is -0.293 e. The van der Waals surface area contributed by atoms with E-state index in [-0.39, 0.29) is 5.78 Å². The zero-order chi connectivity index (χ0) is 19.8. The average Bonchev–Trinajstić information content (AvgIpc) is 3.24. The van der Waals surface area contributed by atoms with Gasteiger partial charge in [-0.1, -0.05) is 71.5 Å². The van der Waals surface area contributed by atoms with Gasteiger partial charge in [-0.25, -0.2) is 0 Å². The highest BCUT2D eigenvalue weighted by atomic mass is 32.1. The number of carbonyl (C=O) groups excluding carboxylic acids is 3. The Bertz CT molecular complexity index is 1060. The molecule has 28 heavy (non-hydrogen) atoms. The third-order valence-corrected chi connectivity index (χ3v) is 5.63. The number of rotatable bonds is 4. The summed E-state index contributed by atoms with van der Waals surface area (Å²) in [6.07, 6.45) is 0. The largest absolute Gasteiger partial charge is 0.297 e. The second-order valence-electron chi connectivity index (χ2n) is 6.71.